The van der Waals surface area contributed by atoms with E-state index in [1.807, 2.05) is 0 Å². The summed E-state index contributed by atoms with van der Waals surface area (Å²) in [4.78, 5) is 0. The van der Waals surface area contributed by atoms with E-state index in [9.17, 15) is 5.11 Å². The van der Waals surface area contributed by atoms with Crippen molar-refractivity contribution in [1.29, 1.82) is 0 Å². The molecule has 0 atom stereocenters. The molecule has 0 spiro atoms. The Morgan fingerprint density at radius 2 is 2.31 bits per heavy atom. The first kappa shape index (κ1) is 9.74. The fourth-order valence-electron chi connectivity index (χ4n) is 0.895. The van der Waals surface area contributed by atoms with Gasteiger partial charge in [0.1, 0.15) is 5.75 Å². The molecule has 1 aromatic rings. The van der Waals surface area contributed by atoms with Gasteiger partial charge in [-0.25, -0.2) is 0 Å². The van der Waals surface area contributed by atoms with Gasteiger partial charge in [-0.15, -0.1) is 6.58 Å². The number of nitrogens with one attached hydrogen (secondary N) is 1. The summed E-state index contributed by atoms with van der Waals surface area (Å²) in [7, 11) is 0. The van der Waals surface area contributed by atoms with Gasteiger partial charge in [0.25, 0.3) is 0 Å². The van der Waals surface area contributed by atoms with Gasteiger partial charge in [0.2, 0.25) is 0 Å². The van der Waals surface area contributed by atoms with Crippen molar-refractivity contribution in [2.45, 2.75) is 0 Å². The summed E-state index contributed by atoms with van der Waals surface area (Å²) in [6.45, 7) is 4.14. The summed E-state index contributed by atoms with van der Waals surface area (Å²) < 4.78 is 0. The van der Waals surface area contributed by atoms with Crippen LogP contribution >= 0.6 is 11.6 Å². The van der Waals surface area contributed by atoms with Gasteiger partial charge in [-0.3, -0.25) is 0 Å². The van der Waals surface area contributed by atoms with Crippen molar-refractivity contribution < 1.29 is 5.11 Å². The molecule has 1 aromatic carbocycles. The van der Waals surface area contributed by atoms with Crippen molar-refractivity contribution in [2.24, 2.45) is 0 Å². The summed E-state index contributed by atoms with van der Waals surface area (Å²) in [5, 5.41) is 12.7. The molecule has 0 heterocycles. The van der Waals surface area contributed by atoms with E-state index >= 15 is 0 Å². The molecule has 0 fully saturated rings. The Hall–Kier alpha value is -1.35. The molecule has 3 nitrogen and oxygen atoms in total. The molecule has 0 amide bonds. The highest BCUT2D eigenvalue weighted by Gasteiger charge is 2.03. The topological polar surface area (TPSA) is 58.3 Å². The van der Waals surface area contributed by atoms with Gasteiger partial charge < -0.3 is 16.2 Å². The van der Waals surface area contributed by atoms with Crippen LogP contribution in [-0.4, -0.2) is 11.7 Å². The lowest BCUT2D eigenvalue weighted by atomic mass is 10.2. The third kappa shape index (κ3) is 2.29. The van der Waals surface area contributed by atoms with Crippen LogP contribution in [-0.2, 0) is 0 Å². The Bertz CT molecular complexity index is 326. The highest BCUT2D eigenvalue weighted by atomic mass is 35.5. The van der Waals surface area contributed by atoms with Crippen LogP contribution in [0.5, 0.6) is 5.75 Å². The Morgan fingerprint density at radius 3 is 2.92 bits per heavy atom. The zero-order valence-electron chi connectivity index (χ0n) is 7.05. The third-order valence-electron chi connectivity index (χ3n) is 1.55. The summed E-state index contributed by atoms with van der Waals surface area (Å²) in [6.07, 6.45) is 1.70. The molecule has 0 aromatic heterocycles. The summed E-state index contributed by atoms with van der Waals surface area (Å²) in [5.74, 6) is 0.0240. The molecular weight excluding hydrogens is 188 g/mol. The van der Waals surface area contributed by atoms with Crippen molar-refractivity contribution in [1.82, 2.24) is 0 Å². The van der Waals surface area contributed by atoms with Gasteiger partial charge in [-0.05, 0) is 6.07 Å². The number of halogens is 1. The zero-order chi connectivity index (χ0) is 9.84. The molecule has 13 heavy (non-hydrogen) atoms. The first-order valence-corrected chi connectivity index (χ1v) is 4.15. The van der Waals surface area contributed by atoms with Crippen molar-refractivity contribution in [3.05, 3.63) is 29.8 Å². The molecule has 0 aliphatic rings. The lowest BCUT2D eigenvalue weighted by molar-refractivity contribution is 0.478. The van der Waals surface area contributed by atoms with E-state index in [0.29, 0.717) is 17.3 Å². The van der Waals surface area contributed by atoms with Crippen molar-refractivity contribution in [3.8, 4) is 5.75 Å². The van der Waals surface area contributed by atoms with Crippen molar-refractivity contribution in [2.75, 3.05) is 17.6 Å². The Balaban J connectivity index is 2.94. The van der Waals surface area contributed by atoms with Crippen LogP contribution in [0.15, 0.2) is 24.8 Å². The summed E-state index contributed by atoms with van der Waals surface area (Å²) >= 11 is 5.85. The molecule has 0 aliphatic carbocycles. The second-order valence-electron chi connectivity index (χ2n) is 2.56. The maximum atomic E-state index is 9.27. The molecular formula is C9H11ClN2O. The number of benzene rings is 1. The number of anilines is 2. The monoisotopic (exact) mass is 198 g/mol. The van der Waals surface area contributed by atoms with Crippen LogP contribution in [0.2, 0.25) is 5.02 Å². The Labute approximate surface area is 81.8 Å². The van der Waals surface area contributed by atoms with Crippen LogP contribution in [0.4, 0.5) is 11.4 Å². The summed E-state index contributed by atoms with van der Waals surface area (Å²) in [6, 6.07) is 2.99. The van der Waals surface area contributed by atoms with Crippen LogP contribution < -0.4 is 11.1 Å². The second kappa shape index (κ2) is 4.05. The minimum absolute atomic E-state index is 0.0240. The van der Waals surface area contributed by atoms with Gasteiger partial charge in [0.05, 0.1) is 16.4 Å². The fourth-order valence-corrected chi connectivity index (χ4v) is 1.13. The van der Waals surface area contributed by atoms with Gasteiger partial charge >= 0.3 is 0 Å². The molecule has 0 radical (unpaired) electrons. The van der Waals surface area contributed by atoms with E-state index in [1.54, 1.807) is 6.08 Å². The van der Waals surface area contributed by atoms with E-state index in [4.69, 9.17) is 17.3 Å². The molecule has 0 bridgehead atoms. The number of phenols is 1. The summed E-state index contributed by atoms with van der Waals surface area (Å²) in [5.41, 5.74) is 6.35. The maximum Gasteiger partial charge on any atom is 0.140 e. The standard InChI is InChI=1S/C9H11ClN2O/c1-2-3-12-8-5-9(13)7(11)4-6(8)10/h2,4-5,12-13H,1,3,11H2. The molecule has 4 heteroatoms. The quantitative estimate of drug-likeness (QED) is 0.397. The number of hydrogen-bond donors (Lipinski definition) is 3. The lowest BCUT2D eigenvalue weighted by Crippen LogP contribution is -1.99. The average molecular weight is 199 g/mol. The minimum Gasteiger partial charge on any atom is -0.506 e. The average Bonchev–Trinajstić information content (AvgIpc) is 2.09. The van der Waals surface area contributed by atoms with E-state index in [1.165, 1.54) is 12.1 Å². The molecule has 1 rings (SSSR count). The number of rotatable bonds is 3. The SMILES string of the molecule is C=CCNc1cc(O)c(N)cc1Cl. The molecule has 0 unspecified atom stereocenters. The molecule has 70 valence electrons. The van der Waals surface area contributed by atoms with Gasteiger partial charge in [0, 0.05) is 12.6 Å². The molecule has 0 saturated carbocycles. The number of aromatic hydroxyl groups is 1. The molecule has 0 aliphatic heterocycles. The van der Waals surface area contributed by atoms with E-state index in [0.717, 1.165) is 0 Å². The first-order chi connectivity index (χ1) is 6.15. The van der Waals surface area contributed by atoms with Crippen LogP contribution in [0.1, 0.15) is 0 Å². The zero-order valence-corrected chi connectivity index (χ0v) is 7.80. The van der Waals surface area contributed by atoms with E-state index < -0.39 is 0 Å². The number of hydrogen-bond acceptors (Lipinski definition) is 3. The number of phenolic OH excluding ortho intramolecular Hbond substituents is 1. The maximum absolute atomic E-state index is 9.27. The second-order valence-corrected chi connectivity index (χ2v) is 2.97. The van der Waals surface area contributed by atoms with Crippen molar-refractivity contribution >= 4 is 23.0 Å². The smallest absolute Gasteiger partial charge is 0.140 e. The van der Waals surface area contributed by atoms with E-state index in [2.05, 4.69) is 11.9 Å². The highest BCUT2D eigenvalue weighted by Crippen LogP contribution is 2.31. The Morgan fingerprint density at radius 1 is 1.62 bits per heavy atom. The fraction of sp³-hybridized carbons (Fsp3) is 0.111. The van der Waals surface area contributed by atoms with Crippen LogP contribution in [0.3, 0.4) is 0 Å². The Kier molecular flexibility index (Phi) is 3.03. The van der Waals surface area contributed by atoms with E-state index in [-0.39, 0.29) is 11.4 Å². The predicted octanol–water partition coefficient (Wildman–Crippen LogP) is 2.23. The lowest BCUT2D eigenvalue weighted by Gasteiger charge is -2.07. The molecule has 4 N–H and O–H groups in total. The highest BCUT2D eigenvalue weighted by molar-refractivity contribution is 6.33. The molecule has 0 saturated heterocycles. The third-order valence-corrected chi connectivity index (χ3v) is 1.87. The normalized spacial score (nSPS) is 9.62. The van der Waals surface area contributed by atoms with Crippen molar-refractivity contribution in [3.63, 3.8) is 0 Å². The first-order valence-electron chi connectivity index (χ1n) is 3.78. The largest absolute Gasteiger partial charge is 0.506 e. The van der Waals surface area contributed by atoms with Crippen LogP contribution in [0.25, 0.3) is 0 Å². The minimum atomic E-state index is 0.0240. The van der Waals surface area contributed by atoms with Crippen LogP contribution in [0, 0.1) is 0 Å². The van der Waals surface area contributed by atoms with Gasteiger partial charge in [-0.1, -0.05) is 17.7 Å². The van der Waals surface area contributed by atoms with Gasteiger partial charge in [-0.2, -0.15) is 0 Å². The van der Waals surface area contributed by atoms with Gasteiger partial charge in [0.15, 0.2) is 0 Å². The predicted molar refractivity (Wildman–Crippen MR) is 56.2 cm³/mol. The number of nitrogens with two attached hydrogens (primary N) is 1. The number of nitrogen functional groups attached to an aromatic ring is 1.